The van der Waals surface area contributed by atoms with E-state index in [1.165, 1.54) is 18.2 Å². The van der Waals surface area contributed by atoms with E-state index in [9.17, 15) is 8.42 Å². The molecule has 0 aliphatic carbocycles. The summed E-state index contributed by atoms with van der Waals surface area (Å²) < 4.78 is 28.0. The number of nitrogens with one attached hydrogen (secondary N) is 1. The Morgan fingerprint density at radius 2 is 2.13 bits per heavy atom. The first kappa shape index (κ1) is 16.7. The molecule has 2 aromatic rings. The summed E-state index contributed by atoms with van der Waals surface area (Å²) in [6.45, 7) is 2.84. The molecule has 0 spiro atoms. The van der Waals surface area contributed by atoms with Crippen LogP contribution in [0.4, 0.5) is 5.69 Å². The number of nitrogens with zero attached hydrogens (tertiary/aromatic N) is 2. The summed E-state index contributed by atoms with van der Waals surface area (Å²) in [7, 11) is -3.83. The van der Waals surface area contributed by atoms with E-state index in [0.717, 1.165) is 5.56 Å². The van der Waals surface area contributed by atoms with Crippen molar-refractivity contribution >= 4 is 15.7 Å². The van der Waals surface area contributed by atoms with Crippen molar-refractivity contribution in [2.75, 3.05) is 11.9 Å². The third-order valence-electron chi connectivity index (χ3n) is 3.01. The number of anilines is 1. The summed E-state index contributed by atoms with van der Waals surface area (Å²) in [4.78, 5) is 3.98. The maximum atomic E-state index is 11.3. The van der Waals surface area contributed by atoms with Crippen LogP contribution in [0.3, 0.4) is 0 Å². The van der Waals surface area contributed by atoms with Crippen LogP contribution in [-0.2, 0) is 16.6 Å². The van der Waals surface area contributed by atoms with Gasteiger partial charge in [-0.05, 0) is 36.8 Å². The van der Waals surface area contributed by atoms with E-state index in [4.69, 9.17) is 15.1 Å². The van der Waals surface area contributed by atoms with E-state index >= 15 is 0 Å². The number of hydrogen-bond acceptors (Lipinski definition) is 6. The van der Waals surface area contributed by atoms with Crippen LogP contribution in [0.15, 0.2) is 41.4 Å². The van der Waals surface area contributed by atoms with Crippen molar-refractivity contribution in [2.45, 2.75) is 18.4 Å². The SMILES string of the molecule is CCOc1cc(CNc2ccc(S(N)(=O)=O)cc2C#N)ccn1. The van der Waals surface area contributed by atoms with Crippen molar-refractivity contribution < 1.29 is 13.2 Å². The quantitative estimate of drug-likeness (QED) is 0.829. The van der Waals surface area contributed by atoms with Gasteiger partial charge in [0.1, 0.15) is 6.07 Å². The molecule has 0 atom stereocenters. The van der Waals surface area contributed by atoms with Crippen molar-refractivity contribution in [1.29, 1.82) is 5.26 Å². The smallest absolute Gasteiger partial charge is 0.238 e. The summed E-state index contributed by atoms with van der Waals surface area (Å²) >= 11 is 0. The van der Waals surface area contributed by atoms with E-state index in [1.54, 1.807) is 12.3 Å². The number of sulfonamides is 1. The molecule has 2 rings (SSSR count). The first-order chi connectivity index (χ1) is 10.9. The number of benzene rings is 1. The fourth-order valence-electron chi connectivity index (χ4n) is 1.93. The normalized spacial score (nSPS) is 10.8. The van der Waals surface area contributed by atoms with Crippen molar-refractivity contribution in [3.05, 3.63) is 47.7 Å². The number of hydrogen-bond donors (Lipinski definition) is 2. The van der Waals surface area contributed by atoms with Gasteiger partial charge in [0.2, 0.25) is 15.9 Å². The molecule has 7 nitrogen and oxygen atoms in total. The summed E-state index contributed by atoms with van der Waals surface area (Å²) in [6, 6.07) is 9.69. The molecule has 0 aliphatic heterocycles. The highest BCUT2D eigenvalue weighted by Gasteiger charge is 2.11. The third kappa shape index (κ3) is 4.42. The molecule has 0 unspecified atom stereocenters. The minimum atomic E-state index is -3.83. The topological polar surface area (TPSA) is 118 Å². The highest BCUT2D eigenvalue weighted by Crippen LogP contribution is 2.20. The first-order valence-corrected chi connectivity index (χ1v) is 8.37. The van der Waals surface area contributed by atoms with Crippen LogP contribution < -0.4 is 15.2 Å². The van der Waals surface area contributed by atoms with E-state index in [0.29, 0.717) is 24.7 Å². The predicted molar refractivity (Wildman–Crippen MR) is 85.3 cm³/mol. The Kier molecular flexibility index (Phi) is 5.16. The fraction of sp³-hybridized carbons (Fsp3) is 0.200. The van der Waals surface area contributed by atoms with Crippen molar-refractivity contribution in [3.63, 3.8) is 0 Å². The summed E-state index contributed by atoms with van der Waals surface area (Å²) in [6.07, 6.45) is 1.64. The van der Waals surface area contributed by atoms with Gasteiger partial charge in [-0.1, -0.05) is 0 Å². The van der Waals surface area contributed by atoms with Crippen LogP contribution >= 0.6 is 0 Å². The Morgan fingerprint density at radius 1 is 1.35 bits per heavy atom. The molecule has 0 saturated carbocycles. The highest BCUT2D eigenvalue weighted by molar-refractivity contribution is 7.89. The van der Waals surface area contributed by atoms with Crippen LogP contribution in [-0.4, -0.2) is 20.0 Å². The van der Waals surface area contributed by atoms with Crippen LogP contribution in [0.1, 0.15) is 18.1 Å². The van der Waals surface area contributed by atoms with Crippen LogP contribution in [0.2, 0.25) is 0 Å². The number of aromatic nitrogens is 1. The molecular weight excluding hydrogens is 316 g/mol. The maximum absolute atomic E-state index is 11.3. The van der Waals surface area contributed by atoms with Gasteiger partial charge >= 0.3 is 0 Å². The van der Waals surface area contributed by atoms with E-state index in [-0.39, 0.29) is 10.5 Å². The average molecular weight is 332 g/mol. The molecule has 0 amide bonds. The number of ether oxygens (including phenoxy) is 1. The van der Waals surface area contributed by atoms with Crippen LogP contribution in [0.25, 0.3) is 0 Å². The number of rotatable bonds is 6. The molecule has 1 heterocycles. The lowest BCUT2D eigenvalue weighted by molar-refractivity contribution is 0.326. The van der Waals surface area contributed by atoms with Gasteiger partial charge in [-0.25, -0.2) is 18.5 Å². The molecule has 8 heteroatoms. The fourth-order valence-corrected chi connectivity index (χ4v) is 2.47. The molecule has 23 heavy (non-hydrogen) atoms. The van der Waals surface area contributed by atoms with Gasteiger partial charge in [-0.15, -0.1) is 0 Å². The van der Waals surface area contributed by atoms with Gasteiger partial charge in [0.05, 0.1) is 22.8 Å². The zero-order chi connectivity index (χ0) is 16.9. The van der Waals surface area contributed by atoms with Crippen molar-refractivity contribution in [3.8, 4) is 11.9 Å². The molecule has 1 aromatic carbocycles. The first-order valence-electron chi connectivity index (χ1n) is 6.82. The second-order valence-corrected chi connectivity index (χ2v) is 6.21. The molecule has 0 saturated heterocycles. The standard InChI is InChI=1S/C15H16N4O3S/c1-2-22-15-7-11(5-6-18-15)10-19-14-4-3-13(23(17,20)21)8-12(14)9-16/h3-8,19H,2,10H2,1H3,(H2,17,20,21). The Hall–Kier alpha value is -2.63. The molecule has 3 N–H and O–H groups in total. The Bertz CT molecular complexity index is 844. The Balaban J connectivity index is 2.18. The molecule has 0 aliphatic rings. The van der Waals surface area contributed by atoms with E-state index < -0.39 is 10.0 Å². The predicted octanol–water partition coefficient (Wildman–Crippen LogP) is 1.61. The van der Waals surface area contributed by atoms with Gasteiger partial charge in [-0.3, -0.25) is 0 Å². The minimum Gasteiger partial charge on any atom is -0.478 e. The lowest BCUT2D eigenvalue weighted by atomic mass is 10.2. The van der Waals surface area contributed by atoms with Gasteiger partial charge in [0.15, 0.2) is 0 Å². The molecule has 0 radical (unpaired) electrons. The third-order valence-corrected chi connectivity index (χ3v) is 3.93. The van der Waals surface area contributed by atoms with Crippen LogP contribution in [0, 0.1) is 11.3 Å². The molecule has 1 aromatic heterocycles. The maximum Gasteiger partial charge on any atom is 0.238 e. The minimum absolute atomic E-state index is 0.0952. The van der Waals surface area contributed by atoms with Gasteiger partial charge in [0, 0.05) is 18.8 Å². The molecule has 120 valence electrons. The lowest BCUT2D eigenvalue weighted by Gasteiger charge is -2.10. The number of primary sulfonamides is 1. The van der Waals surface area contributed by atoms with Crippen molar-refractivity contribution in [2.24, 2.45) is 5.14 Å². The molecule has 0 fully saturated rings. The lowest BCUT2D eigenvalue weighted by Crippen LogP contribution is -2.12. The second kappa shape index (κ2) is 7.09. The Morgan fingerprint density at radius 3 is 2.78 bits per heavy atom. The number of nitrogens with two attached hydrogens (primary N) is 1. The van der Waals surface area contributed by atoms with Gasteiger partial charge in [0.25, 0.3) is 0 Å². The zero-order valence-corrected chi connectivity index (χ0v) is 13.3. The summed E-state index contributed by atoms with van der Waals surface area (Å²) in [5.41, 5.74) is 1.65. The molecule has 0 bridgehead atoms. The highest BCUT2D eigenvalue weighted by atomic mass is 32.2. The summed E-state index contributed by atoms with van der Waals surface area (Å²) in [5, 5.41) is 17.3. The van der Waals surface area contributed by atoms with E-state index in [1.807, 2.05) is 19.1 Å². The second-order valence-electron chi connectivity index (χ2n) is 4.65. The van der Waals surface area contributed by atoms with Gasteiger partial charge < -0.3 is 10.1 Å². The van der Waals surface area contributed by atoms with E-state index in [2.05, 4.69) is 10.3 Å². The van der Waals surface area contributed by atoms with Crippen LogP contribution in [0.5, 0.6) is 5.88 Å². The molecular formula is C15H16N4O3S. The average Bonchev–Trinajstić information content (AvgIpc) is 2.52. The Labute approximate surface area is 134 Å². The largest absolute Gasteiger partial charge is 0.478 e. The van der Waals surface area contributed by atoms with Gasteiger partial charge in [-0.2, -0.15) is 5.26 Å². The summed E-state index contributed by atoms with van der Waals surface area (Å²) in [5.74, 6) is 0.525. The number of pyridine rings is 1. The monoisotopic (exact) mass is 332 g/mol. The zero-order valence-electron chi connectivity index (χ0n) is 12.5. The number of nitriles is 1. The van der Waals surface area contributed by atoms with Crippen molar-refractivity contribution in [1.82, 2.24) is 4.98 Å².